The fourth-order valence-corrected chi connectivity index (χ4v) is 11.6. The summed E-state index contributed by atoms with van der Waals surface area (Å²) in [6.07, 6.45) is 3.59. The summed E-state index contributed by atoms with van der Waals surface area (Å²) in [5.41, 5.74) is 9.18. The van der Waals surface area contributed by atoms with Gasteiger partial charge < -0.3 is 50.8 Å². The molecular weight excluding hydrogens is 1520 g/mol. The molecule has 8 rings (SSSR count). The summed E-state index contributed by atoms with van der Waals surface area (Å²) in [5, 5.41) is 46.4. The van der Waals surface area contributed by atoms with Crippen molar-refractivity contribution in [3.63, 3.8) is 0 Å². The lowest BCUT2D eigenvalue weighted by atomic mass is 9.82. The molecule has 9 N–H and O–H groups in total. The van der Waals surface area contributed by atoms with Crippen LogP contribution in [-0.2, 0) is 63.4 Å². The van der Waals surface area contributed by atoms with Crippen molar-refractivity contribution in [3.05, 3.63) is 132 Å². The third-order valence-electron chi connectivity index (χ3n) is 17.9. The first-order valence-corrected chi connectivity index (χ1v) is 37.6. The Bertz CT molecular complexity index is 4200. The Hall–Kier alpha value is -7.69. The highest BCUT2D eigenvalue weighted by Gasteiger charge is 2.39. The van der Waals surface area contributed by atoms with E-state index in [4.69, 9.17) is 83.8 Å². The zero-order valence-electron chi connectivity index (χ0n) is 63.1. The second-order valence-electron chi connectivity index (χ2n) is 29.5. The number of aliphatic hydroxyl groups is 2. The lowest BCUT2D eigenvalue weighted by molar-refractivity contribution is -0.154. The molecule has 2 saturated heterocycles. The molecule has 2 fully saturated rings. The van der Waals surface area contributed by atoms with Gasteiger partial charge in [0, 0.05) is 47.4 Å². The monoisotopic (exact) mass is 1610 g/mol. The van der Waals surface area contributed by atoms with Gasteiger partial charge in [-0.05, 0) is 183 Å². The lowest BCUT2D eigenvalue weighted by Crippen LogP contribution is -2.61. The highest BCUT2D eigenvalue weighted by molar-refractivity contribution is 6.68. The molecule has 2 aliphatic rings. The van der Waals surface area contributed by atoms with Gasteiger partial charge in [-0.15, -0.1) is 0 Å². The molecule has 6 amide bonds. The van der Waals surface area contributed by atoms with E-state index in [0.717, 1.165) is 60.6 Å². The maximum absolute atomic E-state index is 13.8. The van der Waals surface area contributed by atoms with Gasteiger partial charge in [-0.3, -0.25) is 58.3 Å². The third kappa shape index (κ3) is 26.0. The smallest absolute Gasteiger partial charge is 0.408 e. The number of nitrogens with one attached hydrogen (secondary N) is 6. The molecule has 8 atom stereocenters. The van der Waals surface area contributed by atoms with Gasteiger partial charge in [-0.2, -0.15) is 0 Å². The number of carbonyl (C=O) groups is 9. The minimum absolute atomic E-state index is 0.259. The number of aliphatic hydroxyl groups excluding tert-OH is 2. The van der Waals surface area contributed by atoms with Crippen LogP contribution in [-0.4, -0.2) is 165 Å². The van der Waals surface area contributed by atoms with Crippen molar-refractivity contribution >= 4 is 145 Å². The number of hydrogen-bond acceptors (Lipinski definition) is 18. The molecule has 6 aromatic rings. The number of carbonyl (C=O) groups excluding carboxylic acids is 8. The Morgan fingerprint density at radius 1 is 0.519 bits per heavy atom. The van der Waals surface area contributed by atoms with Crippen LogP contribution in [0.4, 0.5) is 4.79 Å². The minimum Gasteiger partial charge on any atom is -0.481 e. The van der Waals surface area contributed by atoms with Crippen molar-refractivity contribution in [1.82, 2.24) is 52.1 Å². The number of carboxylic acids is 1. The van der Waals surface area contributed by atoms with E-state index in [0.29, 0.717) is 44.5 Å². The van der Waals surface area contributed by atoms with Crippen LogP contribution in [0.5, 0.6) is 0 Å². The molecule has 25 nitrogen and oxygen atoms in total. The van der Waals surface area contributed by atoms with Crippen LogP contribution < -0.4 is 32.1 Å². The van der Waals surface area contributed by atoms with Crippen molar-refractivity contribution in [3.8, 4) is 22.5 Å². The average Bonchev–Trinajstić information content (AvgIpc) is 0.796. The second-order valence-corrected chi connectivity index (χ2v) is 34.6. The summed E-state index contributed by atoms with van der Waals surface area (Å²) in [5.74, 6) is -5.10. The van der Waals surface area contributed by atoms with Gasteiger partial charge in [0.2, 0.25) is 25.3 Å². The number of hydrogen-bond donors (Lipinski definition) is 9. The number of rotatable bonds is 22. The number of hydrazine groups is 2. The van der Waals surface area contributed by atoms with E-state index in [-0.39, 0.29) is 17.7 Å². The zero-order valence-corrected chi connectivity index (χ0v) is 67.7. The number of carboxylic acid groups (broad SMARTS) is 1. The standard InChI is InChI=1S/C36H44Cl3N5O6.C21H21NO3.C20H33Cl3N4O6/c1-20(2)30(31(46)41-21(3)32(47)44-14-8-11-28(43-44)33(48)50-19-36(37,38)39)42-34(49)35(5,6)27-10-7-9-24(16-27)29-17-26-15-23(22(4)45)12-13-25(26)18-40-29;1-13(23)14-7-8-16-12-22-19(11-17(16)9-14)15-5-4-6-18(10-15)21(2,3)20(24)25;1-11(2)14(25-18(31)33-19(4,5)6)15(28)24-12(3)16(29)27-9-7-8-13(26-27)17(30)32-10-20(21,22)23/h7,9-10,12-13,15-18,20-22,28,30,43,45H,8,11,14,19H2,1-6H3,(H,41,46)(H,42,49);4-13,23H,1-3H3,(H,24,25);11-14,26H,7-10H2,1-6H3,(H,24,28)(H,25,31)/t21-,22+,28-,30-;13-;12-,13-,14-/m010/s1. The van der Waals surface area contributed by atoms with E-state index < -0.39 is 133 Å². The average molecular weight is 1620 g/mol. The number of aliphatic carboxylic acids is 1. The highest BCUT2D eigenvalue weighted by Crippen LogP contribution is 2.34. The van der Waals surface area contributed by atoms with Crippen LogP contribution in [0.25, 0.3) is 44.1 Å². The van der Waals surface area contributed by atoms with Crippen molar-refractivity contribution < 1.29 is 72.7 Å². The topological polar surface area (TPSA) is 346 Å². The van der Waals surface area contributed by atoms with Gasteiger partial charge in [0.1, 0.15) is 55.1 Å². The predicted octanol–water partition coefficient (Wildman–Crippen LogP) is 12.1. The first-order chi connectivity index (χ1) is 50.2. The van der Waals surface area contributed by atoms with E-state index >= 15 is 0 Å². The van der Waals surface area contributed by atoms with Gasteiger partial charge in [0.15, 0.2) is 0 Å². The quantitative estimate of drug-likeness (QED) is 0.0173. The number of esters is 2. The fourth-order valence-electron chi connectivity index (χ4n) is 11.3. The lowest BCUT2D eigenvalue weighted by Gasteiger charge is -2.35. The first kappa shape index (κ1) is 89.2. The van der Waals surface area contributed by atoms with Crippen molar-refractivity contribution in [2.24, 2.45) is 11.8 Å². The highest BCUT2D eigenvalue weighted by atomic mass is 35.6. The molecule has 31 heteroatoms. The Morgan fingerprint density at radius 2 is 0.907 bits per heavy atom. The number of alkyl carbamates (subject to hydrolysis) is 1. The molecule has 0 spiro atoms. The molecule has 4 heterocycles. The maximum atomic E-state index is 13.8. The van der Waals surface area contributed by atoms with Crippen LogP contribution in [0, 0.1) is 11.8 Å². The van der Waals surface area contributed by atoms with Crippen molar-refractivity contribution in [2.75, 3.05) is 26.3 Å². The molecule has 0 unspecified atom stereocenters. The van der Waals surface area contributed by atoms with Gasteiger partial charge in [0.25, 0.3) is 11.8 Å². The van der Waals surface area contributed by atoms with E-state index in [1.807, 2.05) is 97.1 Å². The van der Waals surface area contributed by atoms with Crippen LogP contribution in [0.2, 0.25) is 0 Å². The number of benzene rings is 4. The minimum atomic E-state index is -1.76. The van der Waals surface area contributed by atoms with Gasteiger partial charge in [0.05, 0.1) is 34.4 Å². The summed E-state index contributed by atoms with van der Waals surface area (Å²) in [7, 11) is 0. The zero-order chi connectivity index (χ0) is 80.7. The Balaban J connectivity index is 0.000000271. The summed E-state index contributed by atoms with van der Waals surface area (Å²) in [6.45, 7) is 25.5. The molecule has 0 aliphatic carbocycles. The third-order valence-corrected chi connectivity index (χ3v) is 18.5. The van der Waals surface area contributed by atoms with Crippen molar-refractivity contribution in [2.45, 2.75) is 202 Å². The van der Waals surface area contributed by atoms with Crippen LogP contribution in [0.15, 0.2) is 109 Å². The molecular formula is C77H98Cl6N10O15. The molecule has 108 heavy (non-hydrogen) atoms. The van der Waals surface area contributed by atoms with E-state index in [1.54, 1.807) is 102 Å². The molecule has 2 aliphatic heterocycles. The number of nitrogens with zero attached hydrogens (tertiary/aromatic N) is 4. The molecule has 0 bridgehead atoms. The molecule has 0 radical (unpaired) electrons. The summed E-state index contributed by atoms with van der Waals surface area (Å²) < 4.78 is 11.7. The normalized spacial score (nSPS) is 16.7. The predicted molar refractivity (Wildman–Crippen MR) is 418 cm³/mol. The Kier molecular flexibility index (Phi) is 31.6. The number of aromatic nitrogens is 2. The number of halogens is 6. The summed E-state index contributed by atoms with van der Waals surface area (Å²) in [4.78, 5) is 124. The number of ether oxygens (including phenoxy) is 3. The van der Waals surface area contributed by atoms with Crippen molar-refractivity contribution in [1.29, 1.82) is 0 Å². The van der Waals surface area contributed by atoms with Gasteiger partial charge >= 0.3 is 24.0 Å². The Labute approximate surface area is 659 Å². The van der Waals surface area contributed by atoms with Crippen LogP contribution in [0.3, 0.4) is 0 Å². The van der Waals surface area contributed by atoms with E-state index in [2.05, 4.69) is 42.1 Å². The van der Waals surface area contributed by atoms with Crippen LogP contribution >= 0.6 is 69.6 Å². The van der Waals surface area contributed by atoms with Crippen LogP contribution in [0.1, 0.15) is 164 Å². The van der Waals surface area contributed by atoms with Gasteiger partial charge in [-0.1, -0.05) is 158 Å². The van der Waals surface area contributed by atoms with E-state index in [9.17, 15) is 58.5 Å². The largest absolute Gasteiger partial charge is 0.481 e. The second kappa shape index (κ2) is 38.3. The van der Waals surface area contributed by atoms with Gasteiger partial charge in [-0.25, -0.2) is 15.6 Å². The fraction of sp³-hybridized carbons (Fsp3) is 0.494. The molecule has 588 valence electrons. The molecule has 4 aromatic carbocycles. The maximum Gasteiger partial charge on any atom is 0.408 e. The number of pyridine rings is 2. The van der Waals surface area contributed by atoms with E-state index in [1.165, 1.54) is 23.9 Å². The summed E-state index contributed by atoms with van der Waals surface area (Å²) in [6, 6.07) is 25.1. The SMILES string of the molecule is CC(C)[C@H](NC(=O)C(C)(C)c1cccc(-c2cc3cc([C@@H](C)O)ccc3cn2)c1)C(=O)N[C@@H](C)C(=O)N1CCC[C@@H](C(=O)OCC(Cl)(Cl)Cl)N1.CC(C)[C@H](NC(=O)OC(C)(C)C)C(=O)N[C@@H](C)C(=O)N1CCC[C@@H](C(=O)OCC(Cl)(Cl)Cl)N1.C[C@@H](O)c1ccc2cnc(-c3cccc(C(C)(C)C(=O)O)c3)cc2c1. The number of amides is 6. The number of alkyl halides is 6. The Morgan fingerprint density at radius 3 is 1.27 bits per heavy atom. The number of fused-ring (bicyclic) bond motifs is 2. The first-order valence-electron chi connectivity index (χ1n) is 35.3. The molecule has 0 saturated carbocycles. The summed E-state index contributed by atoms with van der Waals surface area (Å²) >= 11 is 33.8. The molecule has 2 aromatic heterocycles.